The second-order valence-electron chi connectivity index (χ2n) is 5.38. The minimum Gasteiger partial charge on any atom is -0.290 e. The van der Waals surface area contributed by atoms with Crippen molar-refractivity contribution in [1.29, 1.82) is 0 Å². The van der Waals surface area contributed by atoms with Crippen molar-refractivity contribution >= 4 is 55.0 Å². The normalized spacial score (nSPS) is 16.5. The molecule has 6 heteroatoms. The topological polar surface area (TPSA) is 68.3 Å². The lowest BCUT2D eigenvalue weighted by molar-refractivity contribution is -0.114. The molecule has 0 bridgehead atoms. The Balaban J connectivity index is 1.77. The number of hydrogen-bond acceptors (Lipinski definition) is 4. The van der Waals surface area contributed by atoms with Gasteiger partial charge in [0.1, 0.15) is 0 Å². The highest BCUT2D eigenvalue weighted by atomic mass is 79.9. The highest BCUT2D eigenvalue weighted by molar-refractivity contribution is 9.12. The van der Waals surface area contributed by atoms with Gasteiger partial charge in [0, 0.05) is 36.1 Å². The molecular formula is C20H12Br2O4. The van der Waals surface area contributed by atoms with Crippen molar-refractivity contribution in [2.24, 2.45) is 0 Å². The summed E-state index contributed by atoms with van der Waals surface area (Å²) in [5.74, 6) is 10.2. The lowest BCUT2D eigenvalue weighted by atomic mass is 9.99. The summed E-state index contributed by atoms with van der Waals surface area (Å²) in [7, 11) is 0. The maximum atomic E-state index is 11.7. The molecule has 0 aliphatic heterocycles. The highest BCUT2D eigenvalue weighted by Gasteiger charge is 2.18. The maximum Gasteiger partial charge on any atom is 0.193 e. The summed E-state index contributed by atoms with van der Waals surface area (Å²) in [6.07, 6.45) is 6.80. The first kappa shape index (κ1) is 20.0. The molecule has 130 valence electrons. The van der Waals surface area contributed by atoms with Crippen molar-refractivity contribution in [3.63, 3.8) is 0 Å². The van der Waals surface area contributed by atoms with E-state index >= 15 is 0 Å². The van der Waals surface area contributed by atoms with Crippen molar-refractivity contribution in [2.75, 3.05) is 0 Å². The summed E-state index contributed by atoms with van der Waals surface area (Å²) in [5.41, 5.74) is 0.874. The Bertz CT molecular complexity index is 860. The maximum absolute atomic E-state index is 11.7. The Morgan fingerprint density at radius 3 is 1.38 bits per heavy atom. The molecule has 0 spiro atoms. The molecule has 2 rings (SSSR count). The Morgan fingerprint density at radius 2 is 1.00 bits per heavy atom. The van der Waals surface area contributed by atoms with Crippen LogP contribution in [-0.2, 0) is 19.2 Å². The number of rotatable bonds is 4. The van der Waals surface area contributed by atoms with E-state index in [0.717, 1.165) is 0 Å². The van der Waals surface area contributed by atoms with Crippen LogP contribution < -0.4 is 0 Å². The molecule has 0 atom stereocenters. The van der Waals surface area contributed by atoms with Crippen LogP contribution in [0.3, 0.4) is 0 Å². The van der Waals surface area contributed by atoms with E-state index in [0.29, 0.717) is 36.8 Å². The molecule has 4 nitrogen and oxygen atoms in total. The predicted molar refractivity (Wildman–Crippen MR) is 104 cm³/mol. The van der Waals surface area contributed by atoms with Gasteiger partial charge in [-0.1, -0.05) is 11.8 Å². The quantitative estimate of drug-likeness (QED) is 0.462. The first-order valence-electron chi connectivity index (χ1n) is 7.67. The zero-order valence-corrected chi connectivity index (χ0v) is 16.7. The number of halogens is 2. The van der Waals surface area contributed by atoms with E-state index in [1.807, 2.05) is 0 Å². The number of hydrogen-bond donors (Lipinski definition) is 0. The average Bonchev–Trinajstić information content (AvgIpc) is 2.58. The third-order valence-electron chi connectivity index (χ3n) is 3.51. The smallest absolute Gasteiger partial charge is 0.193 e. The van der Waals surface area contributed by atoms with Crippen LogP contribution in [0, 0.1) is 23.7 Å². The third kappa shape index (κ3) is 5.62. The Morgan fingerprint density at radius 1 is 0.615 bits per heavy atom. The molecule has 0 heterocycles. The number of carbonyl (C=O) groups excluding carboxylic acids is 4. The zero-order valence-electron chi connectivity index (χ0n) is 13.5. The van der Waals surface area contributed by atoms with Crippen molar-refractivity contribution in [2.45, 2.75) is 25.7 Å². The van der Waals surface area contributed by atoms with Gasteiger partial charge in [-0.3, -0.25) is 19.2 Å². The number of ketones is 4. The molecule has 0 amide bonds. The summed E-state index contributed by atoms with van der Waals surface area (Å²) in [6.45, 7) is 0. The standard InChI is InChI=1S/C20H12Br2O4/c21-15-11-17(23)13(9-19(15)25)7-5-3-1-2-4-6-8-14-10-20(26)16(22)12-18(14)24/h9-12H,5-8H2. The molecule has 2 aliphatic carbocycles. The van der Waals surface area contributed by atoms with E-state index in [4.69, 9.17) is 0 Å². The molecule has 26 heavy (non-hydrogen) atoms. The minimum absolute atomic E-state index is 0.190. The Kier molecular flexibility index (Phi) is 7.26. The van der Waals surface area contributed by atoms with Crippen molar-refractivity contribution in [3.05, 3.63) is 44.4 Å². The highest BCUT2D eigenvalue weighted by Crippen LogP contribution is 2.20. The summed E-state index contributed by atoms with van der Waals surface area (Å²) in [5, 5.41) is 0. The van der Waals surface area contributed by atoms with Gasteiger partial charge >= 0.3 is 0 Å². The summed E-state index contributed by atoms with van der Waals surface area (Å²) in [6, 6.07) is 0. The molecule has 0 saturated heterocycles. The van der Waals surface area contributed by atoms with Crippen LogP contribution in [0.25, 0.3) is 0 Å². The summed E-state index contributed by atoms with van der Waals surface area (Å²) >= 11 is 6.06. The van der Waals surface area contributed by atoms with E-state index in [1.54, 1.807) is 0 Å². The molecule has 0 N–H and O–H groups in total. The first-order chi connectivity index (χ1) is 12.4. The van der Waals surface area contributed by atoms with Gasteiger partial charge in [-0.15, -0.1) is 0 Å². The van der Waals surface area contributed by atoms with Gasteiger partial charge in [0.05, 0.1) is 8.96 Å². The summed E-state index contributed by atoms with van der Waals surface area (Å²) in [4.78, 5) is 46.4. The van der Waals surface area contributed by atoms with Crippen LogP contribution in [0.4, 0.5) is 0 Å². The van der Waals surface area contributed by atoms with E-state index in [9.17, 15) is 19.2 Å². The Labute approximate surface area is 167 Å². The van der Waals surface area contributed by atoms with Crippen molar-refractivity contribution < 1.29 is 19.2 Å². The van der Waals surface area contributed by atoms with E-state index in [1.165, 1.54) is 24.3 Å². The van der Waals surface area contributed by atoms with Crippen molar-refractivity contribution in [3.8, 4) is 23.7 Å². The van der Waals surface area contributed by atoms with Crippen LogP contribution >= 0.6 is 31.9 Å². The average molecular weight is 476 g/mol. The molecule has 0 aromatic rings. The zero-order chi connectivity index (χ0) is 19.1. The number of carbonyl (C=O) groups is 4. The van der Waals surface area contributed by atoms with Gasteiger partial charge in [0.15, 0.2) is 23.1 Å². The lowest BCUT2D eigenvalue weighted by Gasteiger charge is -2.06. The molecule has 0 saturated carbocycles. The van der Waals surface area contributed by atoms with Crippen LogP contribution in [0.5, 0.6) is 0 Å². The lowest BCUT2D eigenvalue weighted by Crippen LogP contribution is -2.10. The van der Waals surface area contributed by atoms with Gasteiger partial charge in [-0.25, -0.2) is 0 Å². The molecule has 0 aromatic heterocycles. The summed E-state index contributed by atoms with van der Waals surface area (Å²) < 4.78 is 0.527. The van der Waals surface area contributed by atoms with Gasteiger partial charge in [0.25, 0.3) is 0 Å². The minimum atomic E-state index is -0.223. The van der Waals surface area contributed by atoms with Crippen LogP contribution in [0.2, 0.25) is 0 Å². The second kappa shape index (κ2) is 9.43. The first-order valence-corrected chi connectivity index (χ1v) is 9.25. The second-order valence-corrected chi connectivity index (χ2v) is 7.09. The third-order valence-corrected chi connectivity index (χ3v) is 4.75. The van der Waals surface area contributed by atoms with Gasteiger partial charge in [-0.05, 0) is 68.7 Å². The van der Waals surface area contributed by atoms with E-state index in [2.05, 4.69) is 55.5 Å². The van der Waals surface area contributed by atoms with Crippen LogP contribution in [-0.4, -0.2) is 23.1 Å². The van der Waals surface area contributed by atoms with E-state index in [-0.39, 0.29) is 32.1 Å². The largest absolute Gasteiger partial charge is 0.290 e. The fourth-order valence-corrected chi connectivity index (χ4v) is 2.80. The molecule has 0 aromatic carbocycles. The SMILES string of the molecule is O=C1C=C(CCC#CC#CCCC2=CC(=O)C(Br)=CC2=O)C(=O)C=C1Br. The predicted octanol–water partition coefficient (Wildman–Crippen LogP) is 3.27. The Hall–Kier alpha value is -2.28. The van der Waals surface area contributed by atoms with Gasteiger partial charge in [0.2, 0.25) is 0 Å². The molecule has 0 radical (unpaired) electrons. The van der Waals surface area contributed by atoms with Crippen LogP contribution in [0.15, 0.2) is 44.4 Å². The molecule has 0 unspecified atom stereocenters. The van der Waals surface area contributed by atoms with Gasteiger partial charge < -0.3 is 0 Å². The molecular weight excluding hydrogens is 464 g/mol. The van der Waals surface area contributed by atoms with E-state index < -0.39 is 0 Å². The molecule has 0 fully saturated rings. The fraction of sp³-hybridized carbons (Fsp3) is 0.200. The fourth-order valence-electron chi connectivity index (χ4n) is 2.15. The molecule has 2 aliphatic rings. The van der Waals surface area contributed by atoms with Gasteiger partial charge in [-0.2, -0.15) is 0 Å². The van der Waals surface area contributed by atoms with Crippen molar-refractivity contribution in [1.82, 2.24) is 0 Å². The van der Waals surface area contributed by atoms with Crippen LogP contribution in [0.1, 0.15) is 25.7 Å². The monoisotopic (exact) mass is 474 g/mol. The number of allylic oxidation sites excluding steroid dienone is 8.